The molecule has 23 heavy (non-hydrogen) atoms. The van der Waals surface area contributed by atoms with Crippen molar-refractivity contribution in [3.05, 3.63) is 47.5 Å². The summed E-state index contributed by atoms with van der Waals surface area (Å²) in [6.45, 7) is 2.64. The van der Waals surface area contributed by atoms with Crippen LogP contribution in [-0.4, -0.2) is 18.0 Å². The van der Waals surface area contributed by atoms with Gasteiger partial charge in [-0.3, -0.25) is 4.79 Å². The SMILES string of the molecule is COc1ncccc1CNC(=O)CCc1ccc([C@@H]2C[C@H]2C)o1. The van der Waals surface area contributed by atoms with Gasteiger partial charge in [-0.2, -0.15) is 0 Å². The molecule has 1 fully saturated rings. The van der Waals surface area contributed by atoms with Crippen molar-refractivity contribution in [2.45, 2.75) is 38.6 Å². The number of furan rings is 1. The van der Waals surface area contributed by atoms with Gasteiger partial charge in [0.1, 0.15) is 11.5 Å². The monoisotopic (exact) mass is 314 g/mol. The van der Waals surface area contributed by atoms with E-state index in [1.807, 2.05) is 24.3 Å². The molecule has 2 heterocycles. The summed E-state index contributed by atoms with van der Waals surface area (Å²) >= 11 is 0. The van der Waals surface area contributed by atoms with E-state index in [-0.39, 0.29) is 5.91 Å². The molecule has 2 aromatic rings. The average Bonchev–Trinajstić information content (AvgIpc) is 3.11. The lowest BCUT2D eigenvalue weighted by atomic mass is 10.2. The fourth-order valence-corrected chi connectivity index (χ4v) is 2.71. The summed E-state index contributed by atoms with van der Waals surface area (Å²) < 4.78 is 11.0. The van der Waals surface area contributed by atoms with Gasteiger partial charge >= 0.3 is 0 Å². The number of ether oxygens (including phenoxy) is 1. The second-order valence-corrected chi connectivity index (χ2v) is 6.07. The molecular weight excluding hydrogens is 292 g/mol. The third-order valence-electron chi connectivity index (χ3n) is 4.28. The maximum atomic E-state index is 12.0. The number of aromatic nitrogens is 1. The van der Waals surface area contributed by atoms with Crippen molar-refractivity contribution in [3.63, 3.8) is 0 Å². The van der Waals surface area contributed by atoms with E-state index in [0.29, 0.717) is 31.2 Å². The van der Waals surface area contributed by atoms with Crippen LogP contribution >= 0.6 is 0 Å². The predicted molar refractivity (Wildman–Crippen MR) is 86.2 cm³/mol. The zero-order valence-corrected chi connectivity index (χ0v) is 13.5. The van der Waals surface area contributed by atoms with E-state index >= 15 is 0 Å². The first-order chi connectivity index (χ1) is 11.2. The molecule has 0 spiro atoms. The summed E-state index contributed by atoms with van der Waals surface area (Å²) in [6.07, 6.45) is 3.91. The normalized spacial score (nSPS) is 19.4. The molecule has 2 aromatic heterocycles. The standard InChI is InChI=1S/C18H22N2O3/c1-12-10-15(12)16-7-5-14(23-16)6-8-17(21)20-11-13-4-3-9-19-18(13)22-2/h3-5,7,9,12,15H,6,8,10-11H2,1-2H3,(H,20,21)/t12-,15-/m1/s1. The fourth-order valence-electron chi connectivity index (χ4n) is 2.71. The molecular formula is C18H22N2O3. The molecule has 2 atom stereocenters. The van der Waals surface area contributed by atoms with Crippen molar-refractivity contribution in [3.8, 4) is 5.88 Å². The number of hydrogen-bond donors (Lipinski definition) is 1. The molecule has 1 N–H and O–H groups in total. The number of rotatable bonds is 7. The zero-order valence-electron chi connectivity index (χ0n) is 13.5. The first-order valence-electron chi connectivity index (χ1n) is 8.00. The highest BCUT2D eigenvalue weighted by molar-refractivity contribution is 5.76. The minimum atomic E-state index is -0.00588. The summed E-state index contributed by atoms with van der Waals surface area (Å²) in [7, 11) is 1.57. The van der Waals surface area contributed by atoms with Crippen LogP contribution in [0.2, 0.25) is 0 Å². The molecule has 1 saturated carbocycles. The van der Waals surface area contributed by atoms with Crippen LogP contribution in [0.1, 0.15) is 42.8 Å². The number of nitrogens with zero attached hydrogens (tertiary/aromatic N) is 1. The second-order valence-electron chi connectivity index (χ2n) is 6.07. The first kappa shape index (κ1) is 15.6. The average molecular weight is 314 g/mol. The molecule has 1 aliphatic rings. The quantitative estimate of drug-likeness (QED) is 0.853. The van der Waals surface area contributed by atoms with E-state index in [2.05, 4.69) is 17.2 Å². The maximum Gasteiger partial charge on any atom is 0.220 e. The van der Waals surface area contributed by atoms with Gasteiger partial charge < -0.3 is 14.5 Å². The van der Waals surface area contributed by atoms with Gasteiger partial charge in [0.25, 0.3) is 0 Å². The van der Waals surface area contributed by atoms with Gasteiger partial charge in [-0.25, -0.2) is 4.98 Å². The molecule has 122 valence electrons. The molecule has 5 nitrogen and oxygen atoms in total. The Morgan fingerprint density at radius 1 is 1.43 bits per heavy atom. The molecule has 5 heteroatoms. The largest absolute Gasteiger partial charge is 0.481 e. The van der Waals surface area contributed by atoms with Crippen LogP contribution in [0.5, 0.6) is 5.88 Å². The Morgan fingerprint density at radius 2 is 2.26 bits per heavy atom. The first-order valence-corrected chi connectivity index (χ1v) is 8.00. The summed E-state index contributed by atoms with van der Waals surface area (Å²) in [5.74, 6) is 3.79. The van der Waals surface area contributed by atoms with Gasteiger partial charge in [-0.15, -0.1) is 0 Å². The number of hydrogen-bond acceptors (Lipinski definition) is 4. The maximum absolute atomic E-state index is 12.0. The van der Waals surface area contributed by atoms with E-state index in [0.717, 1.165) is 23.0 Å². The summed E-state index contributed by atoms with van der Waals surface area (Å²) in [5, 5.41) is 2.89. The lowest BCUT2D eigenvalue weighted by Gasteiger charge is -2.08. The fraction of sp³-hybridized carbons (Fsp3) is 0.444. The lowest BCUT2D eigenvalue weighted by molar-refractivity contribution is -0.121. The number of pyridine rings is 1. The van der Waals surface area contributed by atoms with Crippen LogP contribution in [0, 0.1) is 5.92 Å². The molecule has 0 saturated heterocycles. The molecule has 0 aliphatic heterocycles. The van der Waals surface area contributed by atoms with Crippen LogP contribution in [0.3, 0.4) is 0 Å². The third kappa shape index (κ3) is 3.92. The number of aryl methyl sites for hydroxylation is 1. The van der Waals surface area contributed by atoms with Crippen molar-refractivity contribution in [1.82, 2.24) is 10.3 Å². The summed E-state index contributed by atoms with van der Waals surface area (Å²) in [4.78, 5) is 16.1. The Morgan fingerprint density at radius 3 is 3.00 bits per heavy atom. The number of nitrogens with one attached hydrogen (secondary N) is 1. The molecule has 0 radical (unpaired) electrons. The van der Waals surface area contributed by atoms with Crippen LogP contribution in [0.25, 0.3) is 0 Å². The van der Waals surface area contributed by atoms with Crippen LogP contribution in [0.15, 0.2) is 34.9 Å². The zero-order chi connectivity index (χ0) is 16.2. The molecule has 3 rings (SSSR count). The highest BCUT2D eigenvalue weighted by Gasteiger charge is 2.36. The molecule has 1 amide bonds. The van der Waals surface area contributed by atoms with Crippen molar-refractivity contribution in [2.24, 2.45) is 5.92 Å². The summed E-state index contributed by atoms with van der Waals surface area (Å²) in [6, 6.07) is 7.74. The Balaban J connectivity index is 1.45. The van der Waals surface area contributed by atoms with Crippen molar-refractivity contribution in [1.29, 1.82) is 0 Å². The highest BCUT2D eigenvalue weighted by atomic mass is 16.5. The molecule has 0 aromatic carbocycles. The third-order valence-corrected chi connectivity index (χ3v) is 4.28. The van der Waals surface area contributed by atoms with E-state index in [9.17, 15) is 4.79 Å². The van der Waals surface area contributed by atoms with Crippen molar-refractivity contribution < 1.29 is 13.9 Å². The molecule has 0 unspecified atom stereocenters. The van der Waals surface area contributed by atoms with Crippen molar-refractivity contribution >= 4 is 5.91 Å². The highest BCUT2D eigenvalue weighted by Crippen LogP contribution is 2.47. The predicted octanol–water partition coefficient (Wildman–Crippen LogP) is 3.06. The number of carbonyl (C=O) groups excluding carboxylic acids is 1. The van der Waals surface area contributed by atoms with Gasteiger partial charge in [0.15, 0.2) is 0 Å². The van der Waals surface area contributed by atoms with E-state index < -0.39 is 0 Å². The Hall–Kier alpha value is -2.30. The van der Waals surface area contributed by atoms with Gasteiger partial charge in [-0.05, 0) is 30.5 Å². The van der Waals surface area contributed by atoms with Gasteiger partial charge in [0.05, 0.1) is 7.11 Å². The smallest absolute Gasteiger partial charge is 0.220 e. The lowest BCUT2D eigenvalue weighted by Crippen LogP contribution is -2.23. The van der Waals surface area contributed by atoms with Crippen molar-refractivity contribution in [2.75, 3.05) is 7.11 Å². The number of methoxy groups -OCH3 is 1. The van der Waals surface area contributed by atoms with E-state index in [1.165, 1.54) is 6.42 Å². The van der Waals surface area contributed by atoms with E-state index in [1.54, 1.807) is 13.3 Å². The molecule has 1 aliphatic carbocycles. The van der Waals surface area contributed by atoms with Crippen LogP contribution < -0.4 is 10.1 Å². The van der Waals surface area contributed by atoms with Gasteiger partial charge in [0.2, 0.25) is 11.8 Å². The second kappa shape index (κ2) is 6.86. The minimum absolute atomic E-state index is 0.00588. The Kier molecular flexibility index (Phi) is 4.65. The number of carbonyl (C=O) groups is 1. The minimum Gasteiger partial charge on any atom is -0.481 e. The Bertz CT molecular complexity index is 680. The topological polar surface area (TPSA) is 64.4 Å². The molecule has 0 bridgehead atoms. The van der Waals surface area contributed by atoms with Crippen LogP contribution in [-0.2, 0) is 17.8 Å². The number of amides is 1. The van der Waals surface area contributed by atoms with Crippen LogP contribution in [0.4, 0.5) is 0 Å². The van der Waals surface area contributed by atoms with Gasteiger partial charge in [-0.1, -0.05) is 13.0 Å². The Labute approximate surface area is 136 Å². The van der Waals surface area contributed by atoms with E-state index in [4.69, 9.17) is 9.15 Å². The summed E-state index contributed by atoms with van der Waals surface area (Å²) in [5.41, 5.74) is 0.867. The van der Waals surface area contributed by atoms with Gasteiger partial charge in [0, 0.05) is 37.1 Å².